The van der Waals surface area contributed by atoms with E-state index in [1.165, 1.54) is 32.1 Å². The zero-order valence-corrected chi connectivity index (χ0v) is 18.1. The van der Waals surface area contributed by atoms with Crippen molar-refractivity contribution in [2.45, 2.75) is 51.9 Å². The molecular formula is C19H33IN4O2. The molecule has 1 aromatic heterocycles. The quantitative estimate of drug-likeness (QED) is 0.222. The van der Waals surface area contributed by atoms with Gasteiger partial charge in [-0.15, -0.1) is 24.0 Å². The van der Waals surface area contributed by atoms with Crippen LogP contribution < -0.4 is 16.0 Å². The van der Waals surface area contributed by atoms with Crippen LogP contribution in [0.15, 0.2) is 27.8 Å². The lowest BCUT2D eigenvalue weighted by Crippen LogP contribution is -2.40. The van der Waals surface area contributed by atoms with E-state index in [4.69, 9.17) is 9.41 Å². The first-order valence-electron chi connectivity index (χ1n) is 9.53. The molecule has 0 unspecified atom stereocenters. The predicted molar refractivity (Wildman–Crippen MR) is 116 cm³/mol. The average Bonchev–Trinajstić information content (AvgIpc) is 3.13. The highest BCUT2D eigenvalue weighted by atomic mass is 127. The molecule has 0 aromatic carbocycles. The van der Waals surface area contributed by atoms with Crippen LogP contribution in [-0.4, -0.2) is 38.0 Å². The number of guanidine groups is 1. The summed E-state index contributed by atoms with van der Waals surface area (Å²) in [6, 6.07) is 3.90. The van der Waals surface area contributed by atoms with Gasteiger partial charge in [-0.3, -0.25) is 9.79 Å². The van der Waals surface area contributed by atoms with Crippen LogP contribution in [0.5, 0.6) is 0 Å². The number of hydrogen-bond acceptors (Lipinski definition) is 3. The largest absolute Gasteiger partial charge is 0.469 e. The maximum atomic E-state index is 10.9. The summed E-state index contributed by atoms with van der Waals surface area (Å²) in [5.74, 6) is 2.57. The van der Waals surface area contributed by atoms with E-state index in [1.54, 1.807) is 13.2 Å². The number of amides is 1. The SMILES string of the molecule is CC(=O)NCCCNC(=NCC1CCCCC1)NCCc1ccco1.I. The summed E-state index contributed by atoms with van der Waals surface area (Å²) in [4.78, 5) is 15.7. The molecular weight excluding hydrogens is 443 g/mol. The molecule has 2 rings (SSSR count). The lowest BCUT2D eigenvalue weighted by atomic mass is 9.89. The van der Waals surface area contributed by atoms with E-state index in [-0.39, 0.29) is 29.9 Å². The number of nitrogens with one attached hydrogen (secondary N) is 3. The second-order valence-electron chi connectivity index (χ2n) is 6.71. The van der Waals surface area contributed by atoms with Gasteiger partial charge in [0.1, 0.15) is 5.76 Å². The zero-order valence-electron chi connectivity index (χ0n) is 15.8. The number of carbonyl (C=O) groups excluding carboxylic acids is 1. The molecule has 3 N–H and O–H groups in total. The van der Waals surface area contributed by atoms with Gasteiger partial charge in [0, 0.05) is 39.5 Å². The first-order chi connectivity index (χ1) is 12.2. The van der Waals surface area contributed by atoms with E-state index in [2.05, 4.69) is 16.0 Å². The van der Waals surface area contributed by atoms with Crippen molar-refractivity contribution in [2.75, 3.05) is 26.2 Å². The summed E-state index contributed by atoms with van der Waals surface area (Å²) < 4.78 is 5.37. The molecule has 1 aliphatic rings. The second-order valence-corrected chi connectivity index (χ2v) is 6.71. The molecule has 0 aliphatic heterocycles. The summed E-state index contributed by atoms with van der Waals surface area (Å²) in [7, 11) is 0. The Bertz CT molecular complexity index is 514. The van der Waals surface area contributed by atoms with Gasteiger partial charge in [-0.25, -0.2) is 0 Å². The third-order valence-corrected chi connectivity index (χ3v) is 4.50. The Kier molecular flexibility index (Phi) is 12.2. The van der Waals surface area contributed by atoms with Crippen molar-refractivity contribution < 1.29 is 9.21 Å². The van der Waals surface area contributed by atoms with Crippen LogP contribution in [0.4, 0.5) is 0 Å². The van der Waals surface area contributed by atoms with Crippen molar-refractivity contribution in [3.8, 4) is 0 Å². The maximum absolute atomic E-state index is 10.9. The van der Waals surface area contributed by atoms with Gasteiger partial charge >= 0.3 is 0 Å². The van der Waals surface area contributed by atoms with Crippen LogP contribution in [0.1, 0.15) is 51.2 Å². The average molecular weight is 476 g/mol. The Labute approximate surface area is 174 Å². The van der Waals surface area contributed by atoms with E-state index in [0.717, 1.165) is 50.1 Å². The number of aliphatic imine (C=N–C) groups is 1. The normalized spacial score (nSPS) is 15.2. The molecule has 7 heteroatoms. The highest BCUT2D eigenvalue weighted by Crippen LogP contribution is 2.23. The van der Waals surface area contributed by atoms with Crippen LogP contribution in [-0.2, 0) is 11.2 Å². The molecule has 0 spiro atoms. The Hall–Kier alpha value is -1.25. The van der Waals surface area contributed by atoms with Crippen molar-refractivity contribution >= 4 is 35.8 Å². The van der Waals surface area contributed by atoms with Crippen LogP contribution in [0.3, 0.4) is 0 Å². The number of rotatable bonds is 9. The van der Waals surface area contributed by atoms with E-state index < -0.39 is 0 Å². The number of hydrogen-bond donors (Lipinski definition) is 3. The summed E-state index contributed by atoms with van der Waals surface area (Å²) in [6.07, 6.45) is 10.1. The molecule has 26 heavy (non-hydrogen) atoms. The second kappa shape index (κ2) is 13.9. The van der Waals surface area contributed by atoms with Crippen molar-refractivity contribution in [1.29, 1.82) is 0 Å². The molecule has 148 valence electrons. The van der Waals surface area contributed by atoms with Crippen molar-refractivity contribution in [2.24, 2.45) is 10.9 Å². The summed E-state index contributed by atoms with van der Waals surface area (Å²) in [6.45, 7) is 4.69. The smallest absolute Gasteiger partial charge is 0.216 e. The molecule has 1 heterocycles. The lowest BCUT2D eigenvalue weighted by molar-refractivity contribution is -0.118. The summed E-state index contributed by atoms with van der Waals surface area (Å²) in [5, 5.41) is 9.57. The van der Waals surface area contributed by atoms with Crippen LogP contribution in [0, 0.1) is 5.92 Å². The first kappa shape index (κ1) is 22.8. The fourth-order valence-corrected chi connectivity index (χ4v) is 3.08. The van der Waals surface area contributed by atoms with E-state index in [0.29, 0.717) is 6.54 Å². The Morgan fingerprint density at radius 3 is 2.58 bits per heavy atom. The minimum atomic E-state index is 0. The summed E-state index contributed by atoms with van der Waals surface area (Å²) in [5.41, 5.74) is 0. The van der Waals surface area contributed by atoms with E-state index >= 15 is 0 Å². The van der Waals surface area contributed by atoms with E-state index in [1.807, 2.05) is 12.1 Å². The number of nitrogens with zero attached hydrogens (tertiary/aromatic N) is 1. The molecule has 1 amide bonds. The minimum Gasteiger partial charge on any atom is -0.469 e. The van der Waals surface area contributed by atoms with Gasteiger partial charge in [-0.2, -0.15) is 0 Å². The van der Waals surface area contributed by atoms with Gasteiger partial charge in [0.25, 0.3) is 0 Å². The third kappa shape index (κ3) is 10.0. The van der Waals surface area contributed by atoms with Crippen molar-refractivity contribution in [3.63, 3.8) is 0 Å². The number of halogens is 1. The first-order valence-corrected chi connectivity index (χ1v) is 9.53. The van der Waals surface area contributed by atoms with Gasteiger partial charge in [-0.1, -0.05) is 19.3 Å². The van der Waals surface area contributed by atoms with Gasteiger partial charge in [-0.05, 0) is 37.3 Å². The molecule has 6 nitrogen and oxygen atoms in total. The molecule has 0 radical (unpaired) electrons. The maximum Gasteiger partial charge on any atom is 0.216 e. The van der Waals surface area contributed by atoms with Gasteiger partial charge in [0.2, 0.25) is 5.91 Å². The molecule has 1 fully saturated rings. The highest BCUT2D eigenvalue weighted by molar-refractivity contribution is 14.0. The molecule has 1 aliphatic carbocycles. The van der Waals surface area contributed by atoms with Gasteiger partial charge in [0.15, 0.2) is 5.96 Å². The van der Waals surface area contributed by atoms with Gasteiger partial charge < -0.3 is 20.4 Å². The summed E-state index contributed by atoms with van der Waals surface area (Å²) >= 11 is 0. The third-order valence-electron chi connectivity index (χ3n) is 4.50. The minimum absolute atomic E-state index is 0. The Balaban J connectivity index is 0.00000338. The number of furan rings is 1. The highest BCUT2D eigenvalue weighted by Gasteiger charge is 2.13. The van der Waals surface area contributed by atoms with Crippen LogP contribution in [0.2, 0.25) is 0 Å². The molecule has 0 atom stereocenters. The fourth-order valence-electron chi connectivity index (χ4n) is 3.08. The predicted octanol–water partition coefficient (Wildman–Crippen LogP) is 3.08. The topological polar surface area (TPSA) is 78.7 Å². The fraction of sp³-hybridized carbons (Fsp3) is 0.684. The van der Waals surface area contributed by atoms with Crippen molar-refractivity contribution in [3.05, 3.63) is 24.2 Å². The van der Waals surface area contributed by atoms with Gasteiger partial charge in [0.05, 0.1) is 6.26 Å². The van der Waals surface area contributed by atoms with E-state index in [9.17, 15) is 4.79 Å². The molecule has 1 aromatic rings. The molecule has 0 bridgehead atoms. The van der Waals surface area contributed by atoms with Crippen LogP contribution in [0.25, 0.3) is 0 Å². The zero-order chi connectivity index (χ0) is 17.7. The molecule has 0 saturated heterocycles. The van der Waals surface area contributed by atoms with Crippen molar-refractivity contribution in [1.82, 2.24) is 16.0 Å². The lowest BCUT2D eigenvalue weighted by Gasteiger charge is -2.20. The van der Waals surface area contributed by atoms with Crippen LogP contribution >= 0.6 is 24.0 Å². The Morgan fingerprint density at radius 2 is 1.88 bits per heavy atom. The standard InChI is InChI=1S/C19H32N4O2.HI/c1-16(24)20-11-6-12-21-19(22-13-10-18-9-5-14-25-18)23-15-17-7-3-2-4-8-17;/h5,9,14,17H,2-4,6-8,10-13,15H2,1H3,(H,20,24)(H2,21,22,23);1H. The number of carbonyl (C=O) groups is 1. The molecule has 1 saturated carbocycles. The Morgan fingerprint density at radius 1 is 1.15 bits per heavy atom. The monoisotopic (exact) mass is 476 g/mol.